The number of ether oxygens (including phenoxy) is 2. The van der Waals surface area contributed by atoms with Crippen LogP contribution in [0, 0.1) is 0 Å². The van der Waals surface area contributed by atoms with E-state index in [1.54, 1.807) is 12.1 Å². The van der Waals surface area contributed by atoms with Gasteiger partial charge in [-0.1, -0.05) is 59.9 Å². The summed E-state index contributed by atoms with van der Waals surface area (Å²) >= 11 is 2.84. The highest BCUT2D eigenvalue weighted by Crippen LogP contribution is 2.37. The first-order valence-electron chi connectivity index (χ1n) is 12.7. The summed E-state index contributed by atoms with van der Waals surface area (Å²) in [5.74, 6) is 0.985. The Balaban J connectivity index is 1.25. The fourth-order valence-electron chi connectivity index (χ4n) is 3.90. The minimum absolute atomic E-state index is 0.0878. The maximum absolute atomic E-state index is 13.5. The van der Waals surface area contributed by atoms with Crippen molar-refractivity contribution in [3.05, 3.63) is 109 Å². The van der Waals surface area contributed by atoms with Gasteiger partial charge in [0.05, 0.1) is 16.8 Å². The zero-order chi connectivity index (χ0) is 27.7. The molecule has 0 spiro atoms. The lowest BCUT2D eigenvalue weighted by molar-refractivity contribution is -0.118. The van der Waals surface area contributed by atoms with E-state index in [2.05, 4.69) is 15.6 Å². The number of carbonyl (C=O) groups excluding carboxylic acids is 2. The zero-order valence-corrected chi connectivity index (χ0v) is 23.3. The van der Waals surface area contributed by atoms with Crippen LogP contribution < -0.4 is 20.1 Å². The van der Waals surface area contributed by atoms with Gasteiger partial charge in [0, 0.05) is 10.6 Å². The standard InChI is InChI=1S/C31H27N3O4S2/c1-2-37-24-15-18-26-27(19-24)40-31(33-26)34-30(36)29(21-9-5-3-6-10-21)39-25-16-13-22(14-17-25)32-28(35)20-38-23-11-7-4-8-12-23/h3-19,29H,2,20H2,1H3,(H,32,35)(H,33,34,36). The molecule has 4 aromatic carbocycles. The predicted octanol–water partition coefficient (Wildman–Crippen LogP) is 7.18. The fourth-order valence-corrected chi connectivity index (χ4v) is 5.82. The third kappa shape index (κ3) is 7.19. The van der Waals surface area contributed by atoms with E-state index in [4.69, 9.17) is 9.47 Å². The van der Waals surface area contributed by atoms with E-state index in [9.17, 15) is 9.59 Å². The van der Waals surface area contributed by atoms with E-state index in [1.807, 2.05) is 97.9 Å². The molecule has 202 valence electrons. The maximum atomic E-state index is 13.5. The molecule has 1 heterocycles. The Labute approximate surface area is 240 Å². The third-order valence-corrected chi connectivity index (χ3v) is 7.95. The van der Waals surface area contributed by atoms with E-state index in [0.717, 1.165) is 26.4 Å². The summed E-state index contributed by atoms with van der Waals surface area (Å²) < 4.78 is 12.0. The van der Waals surface area contributed by atoms with Gasteiger partial charge in [-0.05, 0) is 67.1 Å². The highest BCUT2D eigenvalue weighted by Gasteiger charge is 2.23. The van der Waals surface area contributed by atoms with E-state index in [0.29, 0.717) is 23.2 Å². The number of hydrogen-bond donors (Lipinski definition) is 2. The van der Waals surface area contributed by atoms with Gasteiger partial charge in [-0.25, -0.2) is 4.98 Å². The predicted molar refractivity (Wildman–Crippen MR) is 161 cm³/mol. The molecule has 0 aliphatic rings. The number of aromatic nitrogens is 1. The number of thiazole rings is 1. The lowest BCUT2D eigenvalue weighted by Crippen LogP contribution is -2.20. The average molecular weight is 570 g/mol. The van der Waals surface area contributed by atoms with Crippen molar-refractivity contribution in [1.29, 1.82) is 0 Å². The molecule has 5 aromatic rings. The van der Waals surface area contributed by atoms with Crippen LogP contribution in [0.25, 0.3) is 10.2 Å². The molecule has 0 radical (unpaired) electrons. The van der Waals surface area contributed by atoms with Crippen LogP contribution in [0.4, 0.5) is 10.8 Å². The first-order valence-corrected chi connectivity index (χ1v) is 14.4. The number of rotatable bonds is 11. The lowest BCUT2D eigenvalue weighted by Gasteiger charge is -2.16. The smallest absolute Gasteiger partial charge is 0.262 e. The van der Waals surface area contributed by atoms with Crippen molar-refractivity contribution in [1.82, 2.24) is 4.98 Å². The summed E-state index contributed by atoms with van der Waals surface area (Å²) in [7, 11) is 0. The number of nitrogens with one attached hydrogen (secondary N) is 2. The lowest BCUT2D eigenvalue weighted by atomic mass is 10.1. The number of carbonyl (C=O) groups is 2. The molecule has 40 heavy (non-hydrogen) atoms. The Morgan fingerprint density at radius 2 is 1.57 bits per heavy atom. The summed E-state index contributed by atoms with van der Waals surface area (Å²) in [6.45, 7) is 2.44. The first-order chi connectivity index (χ1) is 19.6. The minimum atomic E-state index is -0.507. The number of amides is 2. The van der Waals surface area contributed by atoms with Crippen LogP contribution in [0.3, 0.4) is 0 Å². The van der Waals surface area contributed by atoms with Crippen molar-refractivity contribution >= 4 is 55.9 Å². The molecule has 5 rings (SSSR count). The molecule has 2 N–H and O–H groups in total. The van der Waals surface area contributed by atoms with Crippen molar-refractivity contribution in [3.63, 3.8) is 0 Å². The second kappa shape index (κ2) is 13.1. The molecule has 0 saturated heterocycles. The maximum Gasteiger partial charge on any atom is 0.262 e. The molecule has 1 aromatic heterocycles. The van der Waals surface area contributed by atoms with E-state index in [1.165, 1.54) is 23.1 Å². The molecule has 0 aliphatic heterocycles. The molecule has 2 amide bonds. The molecule has 1 atom stereocenters. The molecule has 7 nitrogen and oxygen atoms in total. The number of fused-ring (bicyclic) bond motifs is 1. The van der Waals surface area contributed by atoms with Gasteiger partial charge in [0.1, 0.15) is 16.7 Å². The second-order valence-corrected chi connectivity index (χ2v) is 10.9. The van der Waals surface area contributed by atoms with Gasteiger partial charge in [0.2, 0.25) is 5.91 Å². The van der Waals surface area contributed by atoms with Gasteiger partial charge in [-0.3, -0.25) is 9.59 Å². The van der Waals surface area contributed by atoms with Gasteiger partial charge in [0.15, 0.2) is 11.7 Å². The van der Waals surface area contributed by atoms with E-state index >= 15 is 0 Å². The van der Waals surface area contributed by atoms with Crippen LogP contribution in [0.1, 0.15) is 17.7 Å². The van der Waals surface area contributed by atoms with Crippen molar-refractivity contribution in [2.75, 3.05) is 23.8 Å². The highest BCUT2D eigenvalue weighted by molar-refractivity contribution is 8.00. The number of hydrogen-bond acceptors (Lipinski definition) is 7. The summed E-state index contributed by atoms with van der Waals surface area (Å²) in [5.41, 5.74) is 2.33. The summed E-state index contributed by atoms with van der Waals surface area (Å²) in [6.07, 6.45) is 0. The molecule has 0 aliphatic carbocycles. The first kappa shape index (κ1) is 27.2. The van der Waals surface area contributed by atoms with Crippen LogP contribution in [-0.2, 0) is 9.59 Å². The fraction of sp³-hybridized carbons (Fsp3) is 0.129. The van der Waals surface area contributed by atoms with Crippen LogP contribution in [-0.4, -0.2) is 30.0 Å². The van der Waals surface area contributed by atoms with Crippen LogP contribution >= 0.6 is 23.1 Å². The topological polar surface area (TPSA) is 89.5 Å². The van der Waals surface area contributed by atoms with E-state index < -0.39 is 5.25 Å². The van der Waals surface area contributed by atoms with Gasteiger partial charge >= 0.3 is 0 Å². The van der Waals surface area contributed by atoms with Gasteiger partial charge < -0.3 is 20.1 Å². The van der Waals surface area contributed by atoms with Gasteiger partial charge in [0.25, 0.3) is 5.91 Å². The average Bonchev–Trinajstić information content (AvgIpc) is 3.38. The summed E-state index contributed by atoms with van der Waals surface area (Å²) in [6, 6.07) is 31.9. The summed E-state index contributed by atoms with van der Waals surface area (Å²) in [4.78, 5) is 31.3. The third-order valence-electron chi connectivity index (χ3n) is 5.75. The zero-order valence-electron chi connectivity index (χ0n) is 21.7. The molecular weight excluding hydrogens is 542 g/mol. The van der Waals surface area contributed by atoms with E-state index in [-0.39, 0.29) is 18.4 Å². The number of para-hydroxylation sites is 1. The second-order valence-electron chi connectivity index (χ2n) is 8.65. The molecule has 0 fully saturated rings. The Morgan fingerprint density at radius 3 is 2.30 bits per heavy atom. The SMILES string of the molecule is CCOc1ccc2nc(NC(=O)C(Sc3ccc(NC(=O)COc4ccccc4)cc3)c3ccccc3)sc2c1. The van der Waals surface area contributed by atoms with Gasteiger partial charge in [-0.2, -0.15) is 0 Å². The van der Waals surface area contributed by atoms with Crippen molar-refractivity contribution in [2.24, 2.45) is 0 Å². The van der Waals surface area contributed by atoms with Crippen LogP contribution in [0.5, 0.6) is 11.5 Å². The largest absolute Gasteiger partial charge is 0.494 e. The molecule has 9 heteroatoms. The number of benzene rings is 4. The van der Waals surface area contributed by atoms with Crippen molar-refractivity contribution < 1.29 is 19.1 Å². The number of anilines is 2. The van der Waals surface area contributed by atoms with Crippen LogP contribution in [0.2, 0.25) is 0 Å². The van der Waals surface area contributed by atoms with Crippen molar-refractivity contribution in [3.8, 4) is 11.5 Å². The molecule has 0 bridgehead atoms. The normalized spacial score (nSPS) is 11.5. The Kier molecular flexibility index (Phi) is 8.95. The number of thioether (sulfide) groups is 1. The van der Waals surface area contributed by atoms with Gasteiger partial charge in [-0.15, -0.1) is 11.8 Å². The van der Waals surface area contributed by atoms with Crippen LogP contribution in [0.15, 0.2) is 108 Å². The molecular formula is C31H27N3O4S2. The highest BCUT2D eigenvalue weighted by atomic mass is 32.2. The monoisotopic (exact) mass is 569 g/mol. The minimum Gasteiger partial charge on any atom is -0.494 e. The Morgan fingerprint density at radius 1 is 0.850 bits per heavy atom. The molecule has 0 saturated carbocycles. The Bertz CT molecular complexity index is 1580. The quantitative estimate of drug-likeness (QED) is 0.164. The summed E-state index contributed by atoms with van der Waals surface area (Å²) in [5, 5.41) is 5.86. The molecule has 1 unspecified atom stereocenters. The Hall–Kier alpha value is -4.34. The van der Waals surface area contributed by atoms with Crippen molar-refractivity contribution in [2.45, 2.75) is 17.1 Å². The number of nitrogens with zero attached hydrogens (tertiary/aromatic N) is 1.